The summed E-state index contributed by atoms with van der Waals surface area (Å²) in [4.78, 5) is 29.3. The lowest BCUT2D eigenvalue weighted by molar-refractivity contribution is 0.0947. The number of aromatic hydroxyl groups is 1. The number of phenolic OH excluding ortho intramolecular Hbond substituents is 1. The van der Waals surface area contributed by atoms with Crippen molar-refractivity contribution in [2.24, 2.45) is 0 Å². The molecule has 202 valence electrons. The number of hydrogen-bond donors (Lipinski definition) is 2. The minimum absolute atomic E-state index is 0.107. The van der Waals surface area contributed by atoms with E-state index in [4.69, 9.17) is 21.1 Å². The smallest absolute Gasteiger partial charge is 0.410 e. The third kappa shape index (κ3) is 6.51. The van der Waals surface area contributed by atoms with E-state index in [2.05, 4.69) is 10.3 Å². The van der Waals surface area contributed by atoms with Gasteiger partial charge in [-0.2, -0.15) is 0 Å². The van der Waals surface area contributed by atoms with Crippen LogP contribution >= 0.6 is 22.9 Å². The van der Waals surface area contributed by atoms with E-state index in [9.17, 15) is 23.5 Å². The number of piperidine rings is 1. The van der Waals surface area contributed by atoms with Gasteiger partial charge in [-0.1, -0.05) is 23.7 Å². The fraction of sp³-hybridized carbons (Fsp3) is 0.346. The molecule has 1 aromatic heterocycles. The molecule has 3 aromatic rings. The number of aromatic nitrogens is 1. The van der Waals surface area contributed by atoms with E-state index >= 15 is 0 Å². The minimum Gasteiger partial charge on any atom is -0.507 e. The molecule has 0 spiro atoms. The van der Waals surface area contributed by atoms with Crippen molar-refractivity contribution < 1.29 is 33.0 Å². The van der Waals surface area contributed by atoms with Crippen LogP contribution in [0.5, 0.6) is 11.5 Å². The summed E-state index contributed by atoms with van der Waals surface area (Å²) in [5.74, 6) is -0.485. The van der Waals surface area contributed by atoms with E-state index in [-0.39, 0.29) is 40.3 Å². The second-order valence-corrected chi connectivity index (χ2v) is 10.2. The van der Waals surface area contributed by atoms with Gasteiger partial charge in [0.15, 0.2) is 5.01 Å². The Morgan fingerprint density at radius 1 is 1.32 bits per heavy atom. The summed E-state index contributed by atoms with van der Waals surface area (Å²) >= 11 is 6.60. The molecule has 2 amide bonds. The number of thiazole rings is 1. The van der Waals surface area contributed by atoms with E-state index in [0.29, 0.717) is 22.5 Å². The first-order valence-electron chi connectivity index (χ1n) is 11.9. The number of nitrogens with one attached hydrogen (secondary N) is 1. The summed E-state index contributed by atoms with van der Waals surface area (Å²) in [6.07, 6.45) is 1.97. The quantitative estimate of drug-likeness (QED) is 0.378. The maximum Gasteiger partial charge on any atom is 0.410 e. The number of nitrogens with zero attached hydrogens (tertiary/aromatic N) is 2. The number of ether oxygens (including phenoxy) is 2. The van der Waals surface area contributed by atoms with Crippen LogP contribution in [0.3, 0.4) is 0 Å². The summed E-state index contributed by atoms with van der Waals surface area (Å²) in [7, 11) is 1.38. The molecule has 2 N–H and O–H groups in total. The number of methoxy groups -OCH3 is 1. The highest BCUT2D eigenvalue weighted by atomic mass is 35.5. The third-order valence-electron chi connectivity index (χ3n) is 6.17. The van der Waals surface area contributed by atoms with Crippen LogP contribution in [0.2, 0.25) is 5.02 Å². The zero-order valence-corrected chi connectivity index (χ0v) is 22.0. The van der Waals surface area contributed by atoms with Gasteiger partial charge >= 0.3 is 6.09 Å². The fourth-order valence-electron chi connectivity index (χ4n) is 4.17. The van der Waals surface area contributed by atoms with Crippen molar-refractivity contribution in [3.05, 3.63) is 63.8 Å². The number of alkyl halides is 2. The molecule has 0 aliphatic carbocycles. The predicted molar refractivity (Wildman–Crippen MR) is 139 cm³/mol. The van der Waals surface area contributed by atoms with Gasteiger partial charge in [-0.25, -0.2) is 18.6 Å². The van der Waals surface area contributed by atoms with Gasteiger partial charge in [0.1, 0.15) is 18.1 Å². The van der Waals surface area contributed by atoms with Gasteiger partial charge in [-0.3, -0.25) is 4.79 Å². The number of benzene rings is 2. The van der Waals surface area contributed by atoms with E-state index < -0.39 is 12.3 Å². The zero-order chi connectivity index (χ0) is 27.2. The summed E-state index contributed by atoms with van der Waals surface area (Å²) < 4.78 is 35.7. The Morgan fingerprint density at radius 2 is 2.08 bits per heavy atom. The van der Waals surface area contributed by atoms with Crippen molar-refractivity contribution in [1.29, 1.82) is 0 Å². The Bertz CT molecular complexity index is 1290. The lowest BCUT2D eigenvalue weighted by atomic mass is 10.0. The number of phenols is 1. The second-order valence-electron chi connectivity index (χ2n) is 8.66. The molecule has 38 heavy (non-hydrogen) atoms. The molecule has 12 heteroatoms. The van der Waals surface area contributed by atoms with Crippen LogP contribution in [-0.2, 0) is 11.3 Å². The molecular formula is C26H26ClF2N3O5S. The Morgan fingerprint density at radius 3 is 2.74 bits per heavy atom. The summed E-state index contributed by atoms with van der Waals surface area (Å²) in [5.41, 5.74) is 1.23. The number of amides is 2. The Kier molecular flexibility index (Phi) is 9.01. The standard InChI is InChI=1S/C19H15ClF2N2O3S.C7H11NO2/c1-27-15-7-12(16-9-24-19(28-16)17(21)22)14(25)6-13(15)18(26)23-8-10-2-4-11(20)5-3-10;9-7-8-4-2-1-3-6(8)5-10-7/h2-7,9,17,25H,8H2,1H3,(H,23,26);6H,1-5H2. The van der Waals surface area contributed by atoms with Crippen LogP contribution < -0.4 is 10.1 Å². The molecule has 0 bridgehead atoms. The number of hydrogen-bond acceptors (Lipinski definition) is 7. The van der Waals surface area contributed by atoms with Crippen LogP contribution in [0.4, 0.5) is 13.6 Å². The molecule has 5 rings (SSSR count). The first kappa shape index (κ1) is 27.6. The second kappa shape index (κ2) is 12.4. The SMILES string of the molecule is COc1cc(-c2cnc(C(F)F)s2)c(O)cc1C(=O)NCc1ccc(Cl)cc1.O=C1OCC2CCCCN12. The number of halogens is 3. The molecule has 1 unspecified atom stereocenters. The molecule has 2 aliphatic heterocycles. The van der Waals surface area contributed by atoms with E-state index in [1.165, 1.54) is 31.9 Å². The number of carbonyl (C=O) groups is 2. The molecular weight excluding hydrogens is 540 g/mol. The molecule has 2 saturated heterocycles. The average Bonchev–Trinajstić information content (AvgIpc) is 3.56. The summed E-state index contributed by atoms with van der Waals surface area (Å²) in [6.45, 7) is 1.79. The van der Waals surface area contributed by atoms with Crippen molar-refractivity contribution in [3.8, 4) is 21.9 Å². The van der Waals surface area contributed by atoms with Crippen LogP contribution in [0.15, 0.2) is 42.6 Å². The lowest BCUT2D eigenvalue weighted by Crippen LogP contribution is -2.37. The molecule has 1 atom stereocenters. The Balaban J connectivity index is 0.000000278. The maximum absolute atomic E-state index is 12.8. The highest BCUT2D eigenvalue weighted by molar-refractivity contribution is 7.15. The van der Waals surface area contributed by atoms with E-state index in [0.717, 1.165) is 36.3 Å². The van der Waals surface area contributed by atoms with Crippen LogP contribution in [0.25, 0.3) is 10.4 Å². The van der Waals surface area contributed by atoms with Gasteiger partial charge in [0.2, 0.25) is 0 Å². The van der Waals surface area contributed by atoms with Crippen molar-refractivity contribution >= 4 is 34.9 Å². The molecule has 2 aliphatic rings. The zero-order valence-electron chi connectivity index (χ0n) is 20.5. The van der Waals surface area contributed by atoms with Crippen molar-refractivity contribution in [2.45, 2.75) is 38.3 Å². The number of fused-ring (bicyclic) bond motifs is 1. The van der Waals surface area contributed by atoms with Gasteiger partial charge in [0.05, 0.1) is 23.6 Å². The normalized spacial score (nSPS) is 16.4. The largest absolute Gasteiger partial charge is 0.507 e. The van der Waals surface area contributed by atoms with Crippen LogP contribution in [0, 0.1) is 0 Å². The molecule has 0 radical (unpaired) electrons. The lowest BCUT2D eigenvalue weighted by Gasteiger charge is -2.25. The highest BCUT2D eigenvalue weighted by Crippen LogP contribution is 2.39. The number of rotatable bonds is 6. The molecule has 2 aromatic carbocycles. The monoisotopic (exact) mass is 565 g/mol. The van der Waals surface area contributed by atoms with Gasteiger partial charge in [0.25, 0.3) is 12.3 Å². The van der Waals surface area contributed by atoms with Crippen molar-refractivity contribution in [3.63, 3.8) is 0 Å². The molecule has 2 fully saturated rings. The predicted octanol–water partition coefficient (Wildman–Crippen LogP) is 6.04. The van der Waals surface area contributed by atoms with Gasteiger partial charge in [-0.05, 0) is 49.1 Å². The Labute approximate surface area is 227 Å². The highest BCUT2D eigenvalue weighted by Gasteiger charge is 2.34. The van der Waals surface area contributed by atoms with Crippen molar-refractivity contribution in [1.82, 2.24) is 15.2 Å². The maximum atomic E-state index is 12.8. The third-order valence-corrected chi connectivity index (χ3v) is 7.46. The summed E-state index contributed by atoms with van der Waals surface area (Å²) in [6, 6.07) is 10.1. The summed E-state index contributed by atoms with van der Waals surface area (Å²) in [5, 5.41) is 13.3. The fourth-order valence-corrected chi connectivity index (χ4v) is 5.09. The van der Waals surface area contributed by atoms with Gasteiger partial charge in [0, 0.05) is 29.9 Å². The van der Waals surface area contributed by atoms with Crippen LogP contribution in [-0.4, -0.2) is 53.3 Å². The topological polar surface area (TPSA) is 101 Å². The van der Waals surface area contributed by atoms with Gasteiger partial charge in [-0.15, -0.1) is 11.3 Å². The van der Waals surface area contributed by atoms with E-state index in [1.54, 1.807) is 24.3 Å². The average molecular weight is 566 g/mol. The minimum atomic E-state index is -2.69. The van der Waals surface area contributed by atoms with E-state index in [1.807, 2.05) is 4.90 Å². The van der Waals surface area contributed by atoms with Crippen LogP contribution in [0.1, 0.15) is 46.6 Å². The van der Waals surface area contributed by atoms with Gasteiger partial charge < -0.3 is 24.8 Å². The first-order valence-corrected chi connectivity index (χ1v) is 13.1. The Hall–Kier alpha value is -3.44. The number of cyclic esters (lactones) is 1. The first-order chi connectivity index (χ1) is 18.3. The van der Waals surface area contributed by atoms with Crippen molar-refractivity contribution in [2.75, 3.05) is 20.3 Å². The number of carbonyl (C=O) groups excluding carboxylic acids is 2. The molecule has 0 saturated carbocycles. The molecule has 8 nitrogen and oxygen atoms in total. The molecule has 3 heterocycles.